The van der Waals surface area contributed by atoms with Gasteiger partial charge >= 0.3 is 6.09 Å². The number of aldehydes is 1. The number of nitrogens with one attached hydrogen (secondary N) is 1. The number of aryl methyl sites for hydroxylation is 2. The van der Waals surface area contributed by atoms with Gasteiger partial charge in [-0.15, -0.1) is 0 Å². The van der Waals surface area contributed by atoms with Crippen LogP contribution in [0.4, 0.5) is 14.9 Å². The van der Waals surface area contributed by atoms with Gasteiger partial charge in [0.05, 0.1) is 0 Å². The Morgan fingerprint density at radius 1 is 1.03 bits per heavy atom. The molecule has 0 bridgehead atoms. The fraction of sp³-hybridized carbons (Fsp3) is 0.500. The number of hydrogen-bond donors (Lipinski definition) is 1. The van der Waals surface area contributed by atoms with E-state index in [1.54, 1.807) is 24.0 Å². The molecule has 2 aromatic carbocycles. The van der Waals surface area contributed by atoms with E-state index < -0.39 is 6.04 Å². The Kier molecular flexibility index (Phi) is 12.4. The first kappa shape index (κ1) is 30.1. The predicted molar refractivity (Wildman–Crippen MR) is 141 cm³/mol. The van der Waals surface area contributed by atoms with Crippen LogP contribution in [0.15, 0.2) is 42.5 Å². The Labute approximate surface area is 210 Å². The van der Waals surface area contributed by atoms with E-state index in [1.165, 1.54) is 6.07 Å². The second-order valence-electron chi connectivity index (χ2n) is 9.40. The Morgan fingerprint density at radius 2 is 1.60 bits per heavy atom. The highest BCUT2D eigenvalue weighted by Crippen LogP contribution is 2.20. The fourth-order valence-electron chi connectivity index (χ4n) is 3.14. The molecule has 1 saturated heterocycles. The van der Waals surface area contributed by atoms with Gasteiger partial charge in [-0.2, -0.15) is 0 Å². The van der Waals surface area contributed by atoms with Crippen molar-refractivity contribution in [1.82, 2.24) is 9.80 Å². The van der Waals surface area contributed by atoms with E-state index in [9.17, 15) is 14.0 Å². The molecule has 0 radical (unpaired) electrons. The summed E-state index contributed by atoms with van der Waals surface area (Å²) in [7, 11) is 2.06. The minimum absolute atomic E-state index is 0.189. The van der Waals surface area contributed by atoms with Gasteiger partial charge in [-0.1, -0.05) is 43.7 Å². The number of hydrogen-bond acceptors (Lipinski definition) is 5. The van der Waals surface area contributed by atoms with Crippen LogP contribution < -0.4 is 5.32 Å². The van der Waals surface area contributed by atoms with Crippen molar-refractivity contribution in [2.24, 2.45) is 0 Å². The molecule has 1 atom stereocenters. The number of carbonyl (C=O) groups is 2. The number of piperazine rings is 1. The van der Waals surface area contributed by atoms with E-state index in [0.29, 0.717) is 11.1 Å². The van der Waals surface area contributed by atoms with Crippen LogP contribution in [0, 0.1) is 19.7 Å². The summed E-state index contributed by atoms with van der Waals surface area (Å²) in [6.45, 7) is 16.8. The zero-order valence-electron chi connectivity index (χ0n) is 22.5. The summed E-state index contributed by atoms with van der Waals surface area (Å²) in [5.74, 6) is -0.296. The fourth-order valence-corrected chi connectivity index (χ4v) is 3.14. The van der Waals surface area contributed by atoms with Gasteiger partial charge in [-0.05, 0) is 71.0 Å². The Balaban J connectivity index is 0.000000341. The molecule has 0 spiro atoms. The smallest absolute Gasteiger partial charge is 0.410 e. The van der Waals surface area contributed by atoms with Crippen molar-refractivity contribution in [2.45, 2.75) is 60.1 Å². The zero-order chi connectivity index (χ0) is 26.6. The minimum atomic E-state index is -0.544. The highest BCUT2D eigenvalue weighted by Gasteiger charge is 2.24. The molecule has 35 heavy (non-hydrogen) atoms. The van der Waals surface area contributed by atoms with Crippen LogP contribution in [0.1, 0.15) is 57.4 Å². The summed E-state index contributed by atoms with van der Waals surface area (Å²) in [4.78, 5) is 26.8. The predicted octanol–water partition coefficient (Wildman–Crippen LogP) is 5.99. The molecule has 1 aliphatic rings. The third-order valence-corrected chi connectivity index (χ3v) is 5.22. The van der Waals surface area contributed by atoms with Gasteiger partial charge in [0.25, 0.3) is 0 Å². The second kappa shape index (κ2) is 14.5. The van der Waals surface area contributed by atoms with Crippen LogP contribution >= 0.6 is 0 Å². The number of halogens is 1. The summed E-state index contributed by atoms with van der Waals surface area (Å²) in [6.07, 6.45) is 0.592. The van der Waals surface area contributed by atoms with Crippen molar-refractivity contribution in [3.8, 4) is 0 Å². The largest absolute Gasteiger partial charge is 0.444 e. The SMILES string of the molecule is CC.CN1CCN(C(=O)OC(C)(C)C)CC1.Cc1ccc(NC(C=O)c2ccc(C)c(F)c2)cc1. The molecular formula is C28H42FN3O3. The second-order valence-corrected chi connectivity index (χ2v) is 9.40. The first-order valence-electron chi connectivity index (χ1n) is 12.2. The summed E-state index contributed by atoms with van der Waals surface area (Å²) in [5, 5.41) is 3.08. The standard InChI is InChI=1S/C16H16FNO.C10H20N2O2.C2H6/c1-11-3-7-14(8-4-11)18-16(10-19)13-6-5-12(2)15(17)9-13;1-10(2,3)14-9(13)12-7-5-11(4)6-8-12;1-2/h3-10,16,18H,1-2H3;5-8H2,1-4H3;1-2H3. The van der Waals surface area contributed by atoms with E-state index in [-0.39, 0.29) is 17.5 Å². The molecule has 7 heteroatoms. The van der Waals surface area contributed by atoms with Gasteiger partial charge in [0.15, 0.2) is 0 Å². The summed E-state index contributed by atoms with van der Waals surface area (Å²) in [5.41, 5.74) is 2.79. The lowest BCUT2D eigenvalue weighted by Gasteiger charge is -2.33. The number of likely N-dealkylation sites (N-methyl/N-ethyl adjacent to an activating group) is 1. The van der Waals surface area contributed by atoms with E-state index in [1.807, 2.05) is 65.8 Å². The maximum Gasteiger partial charge on any atom is 0.410 e. The van der Waals surface area contributed by atoms with Gasteiger partial charge in [-0.3, -0.25) is 0 Å². The van der Waals surface area contributed by atoms with E-state index >= 15 is 0 Å². The number of benzene rings is 2. The first-order chi connectivity index (χ1) is 16.5. The van der Waals surface area contributed by atoms with Crippen molar-refractivity contribution < 1.29 is 18.7 Å². The summed E-state index contributed by atoms with van der Waals surface area (Å²) >= 11 is 0. The average molecular weight is 488 g/mol. The average Bonchev–Trinajstić information content (AvgIpc) is 2.81. The van der Waals surface area contributed by atoms with Crippen molar-refractivity contribution in [3.63, 3.8) is 0 Å². The van der Waals surface area contributed by atoms with Crippen molar-refractivity contribution in [2.75, 3.05) is 38.5 Å². The Bertz CT molecular complexity index is 918. The molecule has 1 heterocycles. The lowest BCUT2D eigenvalue weighted by molar-refractivity contribution is -0.108. The van der Waals surface area contributed by atoms with Gasteiger partial charge in [0.2, 0.25) is 0 Å². The minimum Gasteiger partial charge on any atom is -0.444 e. The molecular weight excluding hydrogens is 445 g/mol. The highest BCUT2D eigenvalue weighted by molar-refractivity contribution is 5.68. The molecule has 1 amide bonds. The first-order valence-corrected chi connectivity index (χ1v) is 12.2. The van der Waals surface area contributed by atoms with Crippen molar-refractivity contribution >= 4 is 18.1 Å². The van der Waals surface area contributed by atoms with Crippen LogP contribution in [0.2, 0.25) is 0 Å². The molecule has 1 unspecified atom stereocenters. The number of carbonyl (C=O) groups excluding carboxylic acids is 2. The van der Waals surface area contributed by atoms with E-state index in [0.717, 1.165) is 43.7 Å². The van der Waals surface area contributed by atoms with Crippen LogP contribution in [0.25, 0.3) is 0 Å². The Morgan fingerprint density at radius 3 is 2.09 bits per heavy atom. The Hall–Kier alpha value is -2.93. The topological polar surface area (TPSA) is 61.9 Å². The molecule has 2 aromatic rings. The monoisotopic (exact) mass is 487 g/mol. The number of ether oxygens (including phenoxy) is 1. The molecule has 1 aliphatic heterocycles. The summed E-state index contributed by atoms with van der Waals surface area (Å²) in [6, 6.07) is 12.0. The molecule has 1 fully saturated rings. The molecule has 194 valence electrons. The maximum atomic E-state index is 13.5. The number of amides is 1. The van der Waals surface area contributed by atoms with Crippen LogP contribution in [0.3, 0.4) is 0 Å². The van der Waals surface area contributed by atoms with Gasteiger partial charge in [0, 0.05) is 31.9 Å². The molecule has 0 aromatic heterocycles. The molecule has 0 aliphatic carbocycles. The number of anilines is 1. The van der Waals surface area contributed by atoms with Crippen LogP contribution in [0.5, 0.6) is 0 Å². The lowest BCUT2D eigenvalue weighted by atomic mass is 10.1. The normalized spacial score (nSPS) is 14.5. The quantitative estimate of drug-likeness (QED) is 0.537. The van der Waals surface area contributed by atoms with Gasteiger partial charge in [-0.25, -0.2) is 9.18 Å². The third-order valence-electron chi connectivity index (χ3n) is 5.22. The molecule has 1 N–H and O–H groups in total. The van der Waals surface area contributed by atoms with Crippen LogP contribution in [-0.4, -0.2) is 61.0 Å². The molecule has 0 saturated carbocycles. The number of rotatable bonds is 4. The number of nitrogens with zero attached hydrogens (tertiary/aromatic N) is 2. The van der Waals surface area contributed by atoms with Crippen molar-refractivity contribution in [1.29, 1.82) is 0 Å². The van der Waals surface area contributed by atoms with E-state index in [4.69, 9.17) is 4.74 Å². The van der Waals surface area contributed by atoms with E-state index in [2.05, 4.69) is 17.3 Å². The highest BCUT2D eigenvalue weighted by atomic mass is 19.1. The molecule has 3 rings (SSSR count). The van der Waals surface area contributed by atoms with Gasteiger partial charge in [0.1, 0.15) is 23.7 Å². The van der Waals surface area contributed by atoms with Crippen molar-refractivity contribution in [3.05, 3.63) is 65.0 Å². The molecule has 6 nitrogen and oxygen atoms in total. The summed E-state index contributed by atoms with van der Waals surface area (Å²) < 4.78 is 18.8. The maximum absolute atomic E-state index is 13.5. The zero-order valence-corrected chi connectivity index (χ0v) is 22.5. The van der Waals surface area contributed by atoms with Gasteiger partial charge < -0.3 is 24.6 Å². The lowest BCUT2D eigenvalue weighted by Crippen LogP contribution is -2.48. The van der Waals surface area contributed by atoms with Crippen LogP contribution in [-0.2, 0) is 9.53 Å². The third kappa shape index (κ3) is 10.9.